The van der Waals surface area contributed by atoms with Crippen molar-refractivity contribution in [3.63, 3.8) is 0 Å². The van der Waals surface area contributed by atoms with E-state index in [1.54, 1.807) is 0 Å². The maximum absolute atomic E-state index is 12.2. The minimum atomic E-state index is -2.41. The Morgan fingerprint density at radius 1 is 0.780 bits per heavy atom. The molecule has 0 aromatic carbocycles. The van der Waals surface area contributed by atoms with Crippen molar-refractivity contribution in [3.8, 4) is 0 Å². The van der Waals surface area contributed by atoms with E-state index in [0.717, 1.165) is 0 Å². The predicted octanol–water partition coefficient (Wildman–Crippen LogP) is 9.83. The number of rotatable bonds is 29. The first kappa shape index (κ1) is 40.8. The Balaban J connectivity index is 4.35. The molecule has 4 unspecified atom stereocenters. The summed E-state index contributed by atoms with van der Waals surface area (Å²) in [6.45, 7) is 13.0. The third-order valence-electron chi connectivity index (χ3n) is 7.23. The van der Waals surface area contributed by atoms with Crippen molar-refractivity contribution in [2.75, 3.05) is 25.6 Å². The van der Waals surface area contributed by atoms with E-state index >= 15 is 0 Å². The molecule has 0 radical (unpaired) electrons. The van der Waals surface area contributed by atoms with Crippen LogP contribution in [0.3, 0.4) is 0 Å². The molecule has 0 spiro atoms. The van der Waals surface area contributed by atoms with E-state index < -0.39 is 20.0 Å². The summed E-state index contributed by atoms with van der Waals surface area (Å²) < 4.78 is 28.1. The van der Waals surface area contributed by atoms with Gasteiger partial charge in [0.25, 0.3) is 0 Å². The zero-order valence-electron chi connectivity index (χ0n) is 27.6. The second kappa shape index (κ2) is 26.2. The molecule has 0 saturated carbocycles. The van der Waals surface area contributed by atoms with Crippen LogP contribution in [0.1, 0.15) is 157 Å². The number of ether oxygens (including phenoxy) is 3. The summed E-state index contributed by atoms with van der Waals surface area (Å²) in [5.74, 6) is 0.179. The minimum absolute atomic E-state index is 0.0661. The Morgan fingerprint density at radius 2 is 1.29 bits per heavy atom. The molecule has 6 nitrogen and oxygen atoms in total. The number of unbranched alkanes of at least 4 members (excludes halogenated alkanes) is 14. The molecule has 0 aliphatic carbocycles. The van der Waals surface area contributed by atoms with Crippen LogP contribution in [-0.2, 0) is 23.6 Å². The van der Waals surface area contributed by atoms with Gasteiger partial charge in [-0.25, -0.2) is 4.79 Å². The van der Waals surface area contributed by atoms with Gasteiger partial charge in [-0.15, -0.1) is 0 Å². The number of thioether (sulfide) groups is 1. The van der Waals surface area contributed by atoms with Gasteiger partial charge < -0.3 is 19.3 Å². The Bertz CT molecular complexity index is 629. The molecule has 0 fully saturated rings. The van der Waals surface area contributed by atoms with E-state index in [1.165, 1.54) is 115 Å². The first-order valence-electron chi connectivity index (χ1n) is 16.8. The van der Waals surface area contributed by atoms with Crippen LogP contribution < -0.4 is 0 Å². The van der Waals surface area contributed by atoms with E-state index in [9.17, 15) is 14.5 Å². The SMILES string of the molecule is CCCCCCCCCCCCCSC(CCCCCCC)C(C)OCCCOC(O)([PH+]=O)C(=O)OCC(C)(C)C. The van der Waals surface area contributed by atoms with E-state index in [-0.39, 0.29) is 24.7 Å². The monoisotopic (exact) mass is 621 g/mol. The van der Waals surface area contributed by atoms with Crippen molar-refractivity contribution in [2.45, 2.75) is 174 Å². The third-order valence-corrected chi connectivity index (χ3v) is 9.42. The largest absolute Gasteiger partial charge is 0.470 e. The van der Waals surface area contributed by atoms with E-state index in [0.29, 0.717) is 18.3 Å². The molecular weight excluding hydrogens is 555 g/mol. The number of esters is 1. The zero-order valence-corrected chi connectivity index (χ0v) is 29.4. The first-order valence-corrected chi connectivity index (χ1v) is 18.7. The molecule has 8 heteroatoms. The fourth-order valence-electron chi connectivity index (χ4n) is 4.57. The fourth-order valence-corrected chi connectivity index (χ4v) is 6.24. The van der Waals surface area contributed by atoms with Crippen LogP contribution in [0.2, 0.25) is 0 Å². The van der Waals surface area contributed by atoms with E-state index in [1.807, 2.05) is 20.8 Å². The van der Waals surface area contributed by atoms with Gasteiger partial charge >= 0.3 is 20.0 Å². The third kappa shape index (κ3) is 23.9. The summed E-state index contributed by atoms with van der Waals surface area (Å²) in [5, 5.41) is 10.8. The second-order valence-corrected chi connectivity index (χ2v) is 15.0. The topological polar surface area (TPSA) is 82.1 Å². The maximum atomic E-state index is 12.2. The van der Waals surface area contributed by atoms with Crippen molar-refractivity contribution < 1.29 is 28.7 Å². The van der Waals surface area contributed by atoms with Crippen LogP contribution >= 0.6 is 20.2 Å². The van der Waals surface area contributed by atoms with Crippen molar-refractivity contribution in [2.24, 2.45) is 5.41 Å². The summed E-state index contributed by atoms with van der Waals surface area (Å²) in [6, 6.07) is 0. The number of carbonyl (C=O) groups is 1. The molecule has 0 rings (SSSR count). The normalized spacial score (nSPS) is 15.1. The van der Waals surface area contributed by atoms with Gasteiger partial charge in [0, 0.05) is 11.9 Å². The molecule has 0 bridgehead atoms. The zero-order chi connectivity index (χ0) is 30.8. The Morgan fingerprint density at radius 3 is 1.80 bits per heavy atom. The highest BCUT2D eigenvalue weighted by Gasteiger charge is 2.49. The molecule has 244 valence electrons. The Hall–Kier alpha value is -0.200. The van der Waals surface area contributed by atoms with Gasteiger partial charge in [0.2, 0.25) is 0 Å². The van der Waals surface area contributed by atoms with Gasteiger partial charge in [0.05, 0.1) is 19.3 Å². The summed E-state index contributed by atoms with van der Waals surface area (Å²) in [4.78, 5) is 12.2. The van der Waals surface area contributed by atoms with Gasteiger partial charge in [-0.2, -0.15) is 11.8 Å². The predicted molar refractivity (Wildman–Crippen MR) is 176 cm³/mol. The van der Waals surface area contributed by atoms with Gasteiger partial charge in [0.1, 0.15) is 0 Å². The van der Waals surface area contributed by atoms with Crippen molar-refractivity contribution in [1.29, 1.82) is 0 Å². The number of carbonyl (C=O) groups excluding carboxylic acids is 1. The van der Waals surface area contributed by atoms with Crippen LogP contribution in [0, 0.1) is 5.41 Å². The lowest BCUT2D eigenvalue weighted by Crippen LogP contribution is -2.39. The van der Waals surface area contributed by atoms with Gasteiger partial charge in [-0.05, 0) is 37.4 Å². The fraction of sp³-hybridized carbons (Fsp3) is 0.970. The molecule has 0 heterocycles. The molecule has 0 aromatic heterocycles. The van der Waals surface area contributed by atoms with E-state index in [2.05, 4.69) is 32.5 Å². The average Bonchev–Trinajstić information content (AvgIpc) is 2.94. The lowest BCUT2D eigenvalue weighted by molar-refractivity contribution is -0.198. The van der Waals surface area contributed by atoms with E-state index in [4.69, 9.17) is 14.2 Å². The molecule has 0 aromatic rings. The van der Waals surface area contributed by atoms with Crippen molar-refractivity contribution in [1.82, 2.24) is 0 Å². The van der Waals surface area contributed by atoms with Gasteiger partial charge in [-0.3, -0.25) is 0 Å². The Kier molecular flexibility index (Phi) is 26.1. The average molecular weight is 622 g/mol. The molecule has 41 heavy (non-hydrogen) atoms. The highest BCUT2D eigenvalue weighted by Crippen LogP contribution is 2.27. The summed E-state index contributed by atoms with van der Waals surface area (Å²) in [7, 11) is -1.36. The molecule has 0 saturated heterocycles. The van der Waals surface area contributed by atoms with Gasteiger partial charge in [0.15, 0.2) is 0 Å². The Labute approximate surface area is 259 Å². The van der Waals surface area contributed by atoms with Gasteiger partial charge in [-0.1, -0.05) is 135 Å². The summed E-state index contributed by atoms with van der Waals surface area (Å²) in [6.07, 6.45) is 23.2. The number of hydrogen-bond donors (Lipinski definition) is 1. The summed E-state index contributed by atoms with van der Waals surface area (Å²) in [5.41, 5.74) is -2.67. The standard InChI is InChI=1S/C33H65O6PS/c1-7-9-11-13-14-15-16-17-18-20-22-27-41-30(24-21-19-12-10-8-2)29(3)37-25-23-26-39-33(35,40-36)31(34)38-28-32(4,5)6/h29-30,35H,7-28H2,1-6H3/p+1. The van der Waals surface area contributed by atoms with Crippen LogP contribution in [0.4, 0.5) is 0 Å². The second-order valence-electron chi connectivity index (χ2n) is 12.8. The van der Waals surface area contributed by atoms with Crippen molar-refractivity contribution in [3.05, 3.63) is 0 Å². The molecule has 4 atom stereocenters. The quantitative estimate of drug-likeness (QED) is 0.0385. The smallest absolute Gasteiger partial charge is 0.458 e. The molecule has 0 amide bonds. The molecule has 0 aliphatic heterocycles. The lowest BCUT2D eigenvalue weighted by Gasteiger charge is -2.24. The van der Waals surface area contributed by atoms with Crippen LogP contribution in [0.5, 0.6) is 0 Å². The summed E-state index contributed by atoms with van der Waals surface area (Å²) >= 11 is 2.06. The van der Waals surface area contributed by atoms with Crippen molar-refractivity contribution >= 4 is 26.2 Å². The molecular formula is C33H66O6PS+. The molecule has 1 N–H and O–H groups in total. The highest BCUT2D eigenvalue weighted by molar-refractivity contribution is 7.99. The number of aliphatic hydroxyl groups is 1. The lowest BCUT2D eigenvalue weighted by atomic mass is 9.99. The van der Waals surface area contributed by atoms with Crippen LogP contribution in [-0.4, -0.2) is 53.5 Å². The molecule has 0 aliphatic rings. The highest BCUT2D eigenvalue weighted by atomic mass is 32.2. The minimum Gasteiger partial charge on any atom is -0.458 e. The number of hydrogen-bond acceptors (Lipinski definition) is 7. The van der Waals surface area contributed by atoms with Crippen LogP contribution in [0.25, 0.3) is 0 Å². The van der Waals surface area contributed by atoms with Crippen LogP contribution in [0.15, 0.2) is 0 Å². The maximum Gasteiger partial charge on any atom is 0.470 e. The first-order chi connectivity index (χ1) is 19.6.